The Bertz CT molecular complexity index is 429. The lowest BCUT2D eigenvalue weighted by Gasteiger charge is -2.20. The molecule has 0 fully saturated rings. The summed E-state index contributed by atoms with van der Waals surface area (Å²) >= 11 is 0. The van der Waals surface area contributed by atoms with E-state index >= 15 is 0 Å². The molecule has 0 aliphatic carbocycles. The van der Waals surface area contributed by atoms with Crippen LogP contribution in [0.3, 0.4) is 0 Å². The van der Waals surface area contributed by atoms with Gasteiger partial charge >= 0.3 is 0 Å². The van der Waals surface area contributed by atoms with Crippen LogP contribution < -0.4 is 5.32 Å². The van der Waals surface area contributed by atoms with Gasteiger partial charge in [0.2, 0.25) is 0 Å². The van der Waals surface area contributed by atoms with Crippen LogP contribution >= 0.6 is 0 Å². The molecule has 112 valence electrons. The molecule has 0 aromatic heterocycles. The van der Waals surface area contributed by atoms with Crippen molar-refractivity contribution in [3.05, 3.63) is 29.3 Å². The van der Waals surface area contributed by atoms with Gasteiger partial charge in [-0.3, -0.25) is 4.79 Å². The largest absolute Gasteiger partial charge is 0.384 e. The number of unbranched alkanes of at least 4 members (excludes halogenated alkanes) is 2. The summed E-state index contributed by atoms with van der Waals surface area (Å²) in [5, 5.41) is 3.35. The summed E-state index contributed by atoms with van der Waals surface area (Å²) in [6, 6.07) is 6.04. The second-order valence-corrected chi connectivity index (χ2v) is 5.41. The summed E-state index contributed by atoms with van der Waals surface area (Å²) in [6.07, 6.45) is 4.47. The number of nitrogens with one attached hydrogen (secondary N) is 1. The maximum Gasteiger partial charge on any atom is 0.255 e. The normalized spacial score (nSPS) is 10.4. The van der Waals surface area contributed by atoms with Crippen molar-refractivity contribution in [1.29, 1.82) is 0 Å². The Morgan fingerprint density at radius 3 is 2.60 bits per heavy atom. The van der Waals surface area contributed by atoms with Gasteiger partial charge in [0.05, 0.1) is 5.56 Å². The zero-order chi connectivity index (χ0) is 15.0. The fourth-order valence-corrected chi connectivity index (χ4v) is 2.15. The fourth-order valence-electron chi connectivity index (χ4n) is 2.15. The molecule has 0 unspecified atom stereocenters. The highest BCUT2D eigenvalue weighted by Gasteiger charge is 2.15. The highest BCUT2D eigenvalue weighted by Crippen LogP contribution is 2.19. The molecule has 3 heteroatoms. The van der Waals surface area contributed by atoms with E-state index in [-0.39, 0.29) is 5.91 Å². The van der Waals surface area contributed by atoms with Gasteiger partial charge in [0.25, 0.3) is 5.91 Å². The van der Waals surface area contributed by atoms with Gasteiger partial charge in [-0.25, -0.2) is 0 Å². The summed E-state index contributed by atoms with van der Waals surface area (Å²) < 4.78 is 0. The first-order valence-electron chi connectivity index (χ1n) is 7.70. The van der Waals surface area contributed by atoms with Crippen LogP contribution in [-0.2, 0) is 0 Å². The number of nitrogens with zero attached hydrogens (tertiary/aromatic N) is 1. The van der Waals surface area contributed by atoms with Crippen molar-refractivity contribution < 1.29 is 4.79 Å². The molecule has 0 aliphatic heterocycles. The van der Waals surface area contributed by atoms with Crippen molar-refractivity contribution in [2.75, 3.05) is 25.5 Å². The molecule has 0 heterocycles. The summed E-state index contributed by atoms with van der Waals surface area (Å²) in [7, 11) is 1.89. The van der Waals surface area contributed by atoms with E-state index in [2.05, 4.69) is 19.2 Å². The topological polar surface area (TPSA) is 32.3 Å². The zero-order valence-corrected chi connectivity index (χ0v) is 13.3. The van der Waals surface area contributed by atoms with Gasteiger partial charge in [0.1, 0.15) is 0 Å². The average Bonchev–Trinajstić information content (AvgIpc) is 2.45. The van der Waals surface area contributed by atoms with E-state index < -0.39 is 0 Å². The van der Waals surface area contributed by atoms with Gasteiger partial charge in [0, 0.05) is 25.8 Å². The van der Waals surface area contributed by atoms with Crippen LogP contribution in [0.2, 0.25) is 0 Å². The van der Waals surface area contributed by atoms with Crippen molar-refractivity contribution in [2.24, 2.45) is 0 Å². The van der Waals surface area contributed by atoms with E-state index in [0.717, 1.165) is 42.7 Å². The van der Waals surface area contributed by atoms with Crippen LogP contribution in [0.1, 0.15) is 55.5 Å². The van der Waals surface area contributed by atoms with Crippen molar-refractivity contribution >= 4 is 11.6 Å². The van der Waals surface area contributed by atoms with E-state index in [9.17, 15) is 4.79 Å². The molecule has 1 aromatic carbocycles. The standard InChI is InChI=1S/C17H28N2O/c1-5-7-8-12-19(4)17(20)15-13-14(3)9-10-16(15)18-11-6-2/h9-10,13,18H,5-8,11-12H2,1-4H3. The minimum absolute atomic E-state index is 0.114. The van der Waals surface area contributed by atoms with Crippen molar-refractivity contribution in [3.63, 3.8) is 0 Å². The average molecular weight is 276 g/mol. The predicted octanol–water partition coefficient (Wildman–Crippen LogP) is 4.08. The lowest BCUT2D eigenvalue weighted by Crippen LogP contribution is -2.28. The molecule has 1 rings (SSSR count). The lowest BCUT2D eigenvalue weighted by atomic mass is 10.1. The third kappa shape index (κ3) is 4.87. The number of anilines is 1. The Labute approximate surface area is 123 Å². The van der Waals surface area contributed by atoms with E-state index in [0.29, 0.717) is 0 Å². The van der Waals surface area contributed by atoms with Crippen LogP contribution in [0.5, 0.6) is 0 Å². The van der Waals surface area contributed by atoms with Gasteiger partial charge in [-0.2, -0.15) is 0 Å². The molecule has 0 saturated carbocycles. The first-order valence-corrected chi connectivity index (χ1v) is 7.70. The molecule has 0 atom stereocenters. The molecular weight excluding hydrogens is 248 g/mol. The monoisotopic (exact) mass is 276 g/mol. The van der Waals surface area contributed by atoms with Gasteiger partial charge in [0.15, 0.2) is 0 Å². The van der Waals surface area contributed by atoms with Crippen LogP contribution in [0, 0.1) is 6.92 Å². The van der Waals surface area contributed by atoms with Gasteiger partial charge in [-0.05, 0) is 31.9 Å². The second kappa shape index (κ2) is 8.62. The van der Waals surface area contributed by atoms with Gasteiger partial charge < -0.3 is 10.2 Å². The number of amides is 1. The number of carbonyl (C=O) groups is 1. The molecule has 0 radical (unpaired) electrons. The third-order valence-corrected chi connectivity index (χ3v) is 3.41. The Morgan fingerprint density at radius 2 is 1.95 bits per heavy atom. The second-order valence-electron chi connectivity index (χ2n) is 5.41. The van der Waals surface area contributed by atoms with E-state index in [1.807, 2.05) is 37.1 Å². The smallest absolute Gasteiger partial charge is 0.255 e. The maximum atomic E-state index is 12.6. The molecule has 0 spiro atoms. The summed E-state index contributed by atoms with van der Waals surface area (Å²) in [5.74, 6) is 0.114. The summed E-state index contributed by atoms with van der Waals surface area (Å²) in [6.45, 7) is 8.04. The molecule has 3 nitrogen and oxygen atoms in total. The number of benzene rings is 1. The van der Waals surface area contributed by atoms with Crippen molar-refractivity contribution in [1.82, 2.24) is 4.90 Å². The van der Waals surface area contributed by atoms with Crippen LogP contribution in [0.15, 0.2) is 18.2 Å². The molecule has 1 amide bonds. The highest BCUT2D eigenvalue weighted by molar-refractivity contribution is 5.99. The molecule has 0 aliphatic rings. The number of hydrogen-bond acceptors (Lipinski definition) is 2. The zero-order valence-electron chi connectivity index (χ0n) is 13.3. The number of aryl methyl sites for hydroxylation is 1. The highest BCUT2D eigenvalue weighted by atomic mass is 16.2. The number of hydrogen-bond donors (Lipinski definition) is 1. The lowest BCUT2D eigenvalue weighted by molar-refractivity contribution is 0.0793. The molecule has 1 aromatic rings. The van der Waals surface area contributed by atoms with E-state index in [1.54, 1.807) is 0 Å². The fraction of sp³-hybridized carbons (Fsp3) is 0.588. The Hall–Kier alpha value is -1.51. The minimum Gasteiger partial charge on any atom is -0.384 e. The molecule has 0 saturated heterocycles. The van der Waals surface area contributed by atoms with Crippen LogP contribution in [0.25, 0.3) is 0 Å². The predicted molar refractivity (Wildman–Crippen MR) is 86.4 cm³/mol. The third-order valence-electron chi connectivity index (χ3n) is 3.41. The Kier molecular flexibility index (Phi) is 7.13. The molecular formula is C17H28N2O. The Balaban J connectivity index is 2.81. The SMILES string of the molecule is CCCCCN(C)C(=O)c1cc(C)ccc1NCCC. The minimum atomic E-state index is 0.114. The maximum absolute atomic E-state index is 12.6. The number of rotatable bonds is 8. The molecule has 20 heavy (non-hydrogen) atoms. The van der Waals surface area contributed by atoms with Crippen LogP contribution in [0.4, 0.5) is 5.69 Å². The van der Waals surface area contributed by atoms with E-state index in [4.69, 9.17) is 0 Å². The quantitative estimate of drug-likeness (QED) is 0.726. The summed E-state index contributed by atoms with van der Waals surface area (Å²) in [4.78, 5) is 14.4. The van der Waals surface area contributed by atoms with Crippen molar-refractivity contribution in [2.45, 2.75) is 46.5 Å². The van der Waals surface area contributed by atoms with Gasteiger partial charge in [-0.1, -0.05) is 38.3 Å². The van der Waals surface area contributed by atoms with E-state index in [1.165, 1.54) is 12.8 Å². The first-order chi connectivity index (χ1) is 9.60. The van der Waals surface area contributed by atoms with Gasteiger partial charge in [-0.15, -0.1) is 0 Å². The van der Waals surface area contributed by atoms with Crippen molar-refractivity contribution in [3.8, 4) is 0 Å². The first kappa shape index (κ1) is 16.5. The Morgan fingerprint density at radius 1 is 1.20 bits per heavy atom. The molecule has 1 N–H and O–H groups in total. The number of carbonyl (C=O) groups excluding carboxylic acids is 1. The molecule has 0 bridgehead atoms. The summed E-state index contributed by atoms with van der Waals surface area (Å²) in [5.41, 5.74) is 2.86. The van der Waals surface area contributed by atoms with Crippen LogP contribution in [-0.4, -0.2) is 30.9 Å².